The maximum Gasteiger partial charge on any atom is 0.513 e. The first-order valence-electron chi connectivity index (χ1n) is 8.46. The van der Waals surface area contributed by atoms with E-state index in [9.17, 15) is 4.79 Å². The lowest BCUT2D eigenvalue weighted by atomic mass is 9.80. The van der Waals surface area contributed by atoms with Crippen molar-refractivity contribution in [2.75, 3.05) is 7.11 Å². The molecule has 0 unspecified atom stereocenters. The van der Waals surface area contributed by atoms with E-state index in [0.717, 1.165) is 5.56 Å². The number of hydrogen-bond acceptors (Lipinski definition) is 3. The Bertz CT molecular complexity index is 463. The molecule has 23 heavy (non-hydrogen) atoms. The van der Waals surface area contributed by atoms with Crippen molar-refractivity contribution in [2.24, 2.45) is 0 Å². The van der Waals surface area contributed by atoms with Gasteiger partial charge in [-0.25, -0.2) is 4.79 Å². The normalized spacial score (nSPS) is 10.6. The van der Waals surface area contributed by atoms with E-state index in [4.69, 9.17) is 4.74 Å². The van der Waals surface area contributed by atoms with Gasteiger partial charge in [0.2, 0.25) is 0 Å². The fourth-order valence-corrected chi connectivity index (χ4v) is 1.80. The quantitative estimate of drug-likeness (QED) is 0.438. The fraction of sp³-hybridized carbons (Fsp3) is 0.650. The van der Waals surface area contributed by atoms with Crippen molar-refractivity contribution in [1.29, 1.82) is 0 Å². The Morgan fingerprint density at radius 3 is 1.70 bits per heavy atom. The molecular formula is C20H36O3. The number of hydrogen-bond donors (Lipinski definition) is 0. The molecule has 0 atom stereocenters. The molecule has 0 heterocycles. The van der Waals surface area contributed by atoms with Crippen LogP contribution < -0.4 is 4.74 Å². The highest BCUT2D eigenvalue weighted by Gasteiger charge is 2.24. The molecular weight excluding hydrogens is 288 g/mol. The Morgan fingerprint density at radius 1 is 0.870 bits per heavy atom. The van der Waals surface area contributed by atoms with Crippen LogP contribution in [0.3, 0.4) is 0 Å². The maximum absolute atomic E-state index is 11.3. The van der Waals surface area contributed by atoms with E-state index in [1.807, 2.05) is 39.8 Å². The number of carbonyl (C=O) groups excluding carboxylic acids is 1. The van der Waals surface area contributed by atoms with Crippen molar-refractivity contribution >= 4 is 6.16 Å². The molecule has 3 heteroatoms. The molecule has 0 bridgehead atoms. The van der Waals surface area contributed by atoms with Crippen molar-refractivity contribution in [1.82, 2.24) is 0 Å². The van der Waals surface area contributed by atoms with Crippen LogP contribution in [0.5, 0.6) is 5.75 Å². The average molecular weight is 325 g/mol. The van der Waals surface area contributed by atoms with Crippen LogP contribution in [-0.2, 0) is 15.6 Å². The van der Waals surface area contributed by atoms with E-state index in [0.29, 0.717) is 5.75 Å². The Hall–Kier alpha value is -1.51. The van der Waals surface area contributed by atoms with Crippen LogP contribution in [0.15, 0.2) is 18.2 Å². The zero-order valence-electron chi connectivity index (χ0n) is 17.0. The number of carbonyl (C=O) groups is 1. The van der Waals surface area contributed by atoms with Crippen molar-refractivity contribution < 1.29 is 14.3 Å². The Morgan fingerprint density at radius 2 is 1.35 bits per heavy atom. The Kier molecular flexibility index (Phi) is 10.6. The third kappa shape index (κ3) is 8.06. The van der Waals surface area contributed by atoms with Gasteiger partial charge in [-0.3, -0.25) is 0 Å². The van der Waals surface area contributed by atoms with Crippen molar-refractivity contribution in [3.63, 3.8) is 0 Å². The molecule has 0 saturated heterocycles. The molecule has 0 saturated carbocycles. The van der Waals surface area contributed by atoms with Gasteiger partial charge in [-0.05, 0) is 22.5 Å². The standard InChI is InChI=1S/C16H24O3.2C2H6/c1-15(2,3)11-8-9-13(19-14(17)18-7)12(10-11)16(4,5)6;2*1-2/h8-10H,1-7H3;2*1-2H3. The Labute approximate surface area is 143 Å². The SMILES string of the molecule is CC.CC.COC(=O)Oc1ccc(C(C)(C)C)cc1C(C)(C)C. The molecule has 0 amide bonds. The first kappa shape index (κ1) is 23.8. The maximum atomic E-state index is 11.3. The highest BCUT2D eigenvalue weighted by Crippen LogP contribution is 2.35. The van der Waals surface area contributed by atoms with Gasteiger partial charge in [0.05, 0.1) is 7.11 Å². The third-order valence-corrected chi connectivity index (χ3v) is 3.01. The van der Waals surface area contributed by atoms with Crippen molar-refractivity contribution in [2.45, 2.75) is 80.1 Å². The molecule has 0 radical (unpaired) electrons. The summed E-state index contributed by atoms with van der Waals surface area (Å²) in [6.07, 6.45) is -0.686. The molecule has 0 N–H and O–H groups in total. The van der Waals surface area contributed by atoms with Gasteiger partial charge in [0, 0.05) is 5.56 Å². The average Bonchev–Trinajstić information content (AvgIpc) is 2.49. The molecule has 1 rings (SSSR count). The minimum Gasteiger partial charge on any atom is -0.437 e. The monoisotopic (exact) mass is 324 g/mol. The van der Waals surface area contributed by atoms with Gasteiger partial charge in [-0.15, -0.1) is 0 Å². The molecule has 1 aromatic carbocycles. The summed E-state index contributed by atoms with van der Waals surface area (Å²) < 4.78 is 9.79. The fourth-order valence-electron chi connectivity index (χ4n) is 1.80. The predicted octanol–water partition coefficient (Wildman–Crippen LogP) is 6.48. The second kappa shape index (κ2) is 10.3. The van der Waals surface area contributed by atoms with Crippen LogP contribution in [-0.4, -0.2) is 13.3 Å². The zero-order chi connectivity index (χ0) is 18.8. The third-order valence-electron chi connectivity index (χ3n) is 3.01. The lowest BCUT2D eigenvalue weighted by molar-refractivity contribution is 0.120. The molecule has 1 aromatic rings. The van der Waals surface area contributed by atoms with Gasteiger partial charge in [0.15, 0.2) is 0 Å². The largest absolute Gasteiger partial charge is 0.513 e. The predicted molar refractivity (Wildman–Crippen MR) is 99.6 cm³/mol. The second-order valence-electron chi connectivity index (χ2n) is 6.77. The number of benzene rings is 1. The second-order valence-corrected chi connectivity index (χ2v) is 6.77. The van der Waals surface area contributed by atoms with Crippen LogP contribution in [0.2, 0.25) is 0 Å². The molecule has 0 fully saturated rings. The molecule has 0 aromatic heterocycles. The van der Waals surface area contributed by atoms with Gasteiger partial charge >= 0.3 is 6.16 Å². The molecule has 3 nitrogen and oxygen atoms in total. The van der Waals surface area contributed by atoms with Crippen LogP contribution in [0, 0.1) is 0 Å². The topological polar surface area (TPSA) is 35.5 Å². The number of methoxy groups -OCH3 is 1. The summed E-state index contributed by atoms with van der Waals surface area (Å²) in [5.74, 6) is 0.562. The molecule has 134 valence electrons. The lowest BCUT2D eigenvalue weighted by Gasteiger charge is -2.26. The molecule has 0 aliphatic carbocycles. The zero-order valence-corrected chi connectivity index (χ0v) is 17.0. The van der Waals surface area contributed by atoms with E-state index in [1.54, 1.807) is 0 Å². The van der Waals surface area contributed by atoms with E-state index in [-0.39, 0.29) is 10.8 Å². The molecule has 0 aliphatic rings. The van der Waals surface area contributed by atoms with E-state index < -0.39 is 6.16 Å². The molecule has 0 spiro atoms. The minimum atomic E-state index is -0.686. The van der Waals surface area contributed by atoms with Crippen molar-refractivity contribution in [3.05, 3.63) is 29.3 Å². The van der Waals surface area contributed by atoms with E-state index in [1.165, 1.54) is 12.7 Å². The smallest absolute Gasteiger partial charge is 0.437 e. The minimum absolute atomic E-state index is 0.0593. The Balaban J connectivity index is 0. The molecule has 0 aliphatic heterocycles. The summed E-state index contributed by atoms with van der Waals surface area (Å²) in [4.78, 5) is 11.3. The van der Waals surface area contributed by atoms with Gasteiger partial charge in [0.25, 0.3) is 0 Å². The first-order chi connectivity index (χ1) is 10.6. The summed E-state index contributed by atoms with van der Waals surface area (Å²) in [6.45, 7) is 20.8. The van der Waals surface area contributed by atoms with Gasteiger partial charge in [0.1, 0.15) is 5.75 Å². The van der Waals surface area contributed by atoms with Crippen LogP contribution in [0.1, 0.15) is 80.4 Å². The van der Waals surface area contributed by atoms with Gasteiger partial charge in [-0.1, -0.05) is 81.4 Å². The van der Waals surface area contributed by atoms with Crippen LogP contribution in [0.4, 0.5) is 4.79 Å². The van der Waals surface area contributed by atoms with E-state index >= 15 is 0 Å². The van der Waals surface area contributed by atoms with Crippen LogP contribution in [0.25, 0.3) is 0 Å². The highest BCUT2D eigenvalue weighted by molar-refractivity contribution is 5.65. The summed E-state index contributed by atoms with van der Waals surface area (Å²) in [5.41, 5.74) is 2.17. The summed E-state index contributed by atoms with van der Waals surface area (Å²) >= 11 is 0. The number of ether oxygens (including phenoxy) is 2. The lowest BCUT2D eigenvalue weighted by Crippen LogP contribution is -2.19. The van der Waals surface area contributed by atoms with Gasteiger partial charge < -0.3 is 9.47 Å². The van der Waals surface area contributed by atoms with Crippen LogP contribution >= 0.6 is 0 Å². The van der Waals surface area contributed by atoms with Gasteiger partial charge in [-0.2, -0.15) is 0 Å². The number of rotatable bonds is 1. The van der Waals surface area contributed by atoms with Crippen molar-refractivity contribution in [3.8, 4) is 5.75 Å². The summed E-state index contributed by atoms with van der Waals surface area (Å²) in [7, 11) is 1.31. The highest BCUT2D eigenvalue weighted by atomic mass is 16.7. The first-order valence-corrected chi connectivity index (χ1v) is 8.46. The summed E-state index contributed by atoms with van der Waals surface area (Å²) in [6, 6.07) is 5.95. The summed E-state index contributed by atoms with van der Waals surface area (Å²) in [5, 5.41) is 0. The van der Waals surface area contributed by atoms with E-state index in [2.05, 4.69) is 52.3 Å².